The highest BCUT2D eigenvalue weighted by molar-refractivity contribution is 14.0. The fraction of sp³-hybridized carbons (Fsp3) is 0.526. The molecule has 168 valence electrons. The maximum atomic E-state index is 12.3. The lowest BCUT2D eigenvalue weighted by Gasteiger charge is -2.18. The van der Waals surface area contributed by atoms with Crippen LogP contribution in [0, 0.1) is 13.8 Å². The molecular weight excluding hydrogens is 512 g/mol. The number of aryl methyl sites for hydroxylation is 2. The van der Waals surface area contributed by atoms with Gasteiger partial charge in [0.25, 0.3) is 0 Å². The average Bonchev–Trinajstić information content (AvgIpc) is 2.89. The highest BCUT2D eigenvalue weighted by Crippen LogP contribution is 2.17. The molecule has 1 unspecified atom stereocenters. The lowest BCUT2D eigenvalue weighted by atomic mass is 10.1. The van der Waals surface area contributed by atoms with Gasteiger partial charge in [0.2, 0.25) is 5.88 Å². The first-order valence-corrected chi connectivity index (χ1v) is 9.19. The average molecular weight is 540 g/mol. The number of aliphatic imine (C=N–C) groups is 1. The first kappa shape index (κ1) is 26.0. The molecule has 0 aliphatic heterocycles. The third kappa shape index (κ3) is 8.00. The van der Waals surface area contributed by atoms with Crippen molar-refractivity contribution < 1.29 is 17.9 Å². The van der Waals surface area contributed by atoms with Gasteiger partial charge < -0.3 is 15.4 Å². The summed E-state index contributed by atoms with van der Waals surface area (Å²) in [6, 6.07) is 3.27. The van der Waals surface area contributed by atoms with Gasteiger partial charge in [-0.15, -0.1) is 24.0 Å². The molecule has 0 fully saturated rings. The second kappa shape index (κ2) is 11.4. The minimum Gasteiger partial charge on any atom is -0.468 e. The van der Waals surface area contributed by atoms with E-state index in [4.69, 9.17) is 0 Å². The number of guanidine groups is 1. The van der Waals surface area contributed by atoms with Crippen LogP contribution in [0.15, 0.2) is 23.3 Å². The van der Waals surface area contributed by atoms with E-state index >= 15 is 0 Å². The SMILES string of the molecule is CN=C(NCc1ccnc(OCC(F)(F)F)c1)NC(C)Cc1c(C)nn(C)c1C.I. The Kier molecular flexibility index (Phi) is 9.85. The molecule has 0 aromatic carbocycles. The van der Waals surface area contributed by atoms with Gasteiger partial charge in [-0.1, -0.05) is 0 Å². The highest BCUT2D eigenvalue weighted by Gasteiger charge is 2.28. The summed E-state index contributed by atoms with van der Waals surface area (Å²) >= 11 is 0. The first-order valence-electron chi connectivity index (χ1n) is 9.19. The molecule has 0 aliphatic carbocycles. The van der Waals surface area contributed by atoms with Crippen molar-refractivity contribution in [1.29, 1.82) is 0 Å². The number of halogens is 4. The summed E-state index contributed by atoms with van der Waals surface area (Å²) < 4.78 is 43.4. The number of ether oxygens (including phenoxy) is 1. The fourth-order valence-electron chi connectivity index (χ4n) is 2.88. The maximum Gasteiger partial charge on any atom is 0.422 e. The normalized spacial score (nSPS) is 12.9. The summed E-state index contributed by atoms with van der Waals surface area (Å²) in [7, 11) is 3.58. The van der Waals surface area contributed by atoms with Crippen molar-refractivity contribution in [2.24, 2.45) is 12.0 Å². The van der Waals surface area contributed by atoms with Crippen LogP contribution >= 0.6 is 24.0 Å². The van der Waals surface area contributed by atoms with E-state index in [0.717, 1.165) is 23.4 Å². The molecule has 0 saturated heterocycles. The first-order chi connectivity index (χ1) is 13.6. The quantitative estimate of drug-likeness (QED) is 0.321. The van der Waals surface area contributed by atoms with Crippen molar-refractivity contribution in [1.82, 2.24) is 25.4 Å². The molecule has 1 atom stereocenters. The molecule has 2 heterocycles. The van der Waals surface area contributed by atoms with E-state index in [1.165, 1.54) is 17.8 Å². The maximum absolute atomic E-state index is 12.3. The largest absolute Gasteiger partial charge is 0.468 e. The Bertz CT molecular complexity index is 853. The van der Waals surface area contributed by atoms with Gasteiger partial charge in [0.1, 0.15) is 0 Å². The molecule has 0 amide bonds. The van der Waals surface area contributed by atoms with E-state index in [-0.39, 0.29) is 35.9 Å². The predicted molar refractivity (Wildman–Crippen MR) is 120 cm³/mol. The van der Waals surface area contributed by atoms with Gasteiger partial charge in [-0.05, 0) is 44.4 Å². The van der Waals surface area contributed by atoms with Gasteiger partial charge in [-0.25, -0.2) is 4.98 Å². The fourth-order valence-corrected chi connectivity index (χ4v) is 2.88. The van der Waals surface area contributed by atoms with Gasteiger partial charge in [-0.3, -0.25) is 9.67 Å². The van der Waals surface area contributed by atoms with Crippen molar-refractivity contribution in [2.45, 2.75) is 46.0 Å². The zero-order valence-electron chi connectivity index (χ0n) is 17.7. The number of hydrogen-bond donors (Lipinski definition) is 2. The third-order valence-corrected chi connectivity index (χ3v) is 4.42. The highest BCUT2D eigenvalue weighted by atomic mass is 127. The standard InChI is InChI=1S/C19H27F3N6O.HI/c1-12(8-16-13(2)27-28(5)14(16)3)26-18(23-4)25-10-15-6-7-24-17(9-15)29-11-19(20,21)22;/h6-7,9,12H,8,10-11H2,1-5H3,(H2,23,25,26);1H. The van der Waals surface area contributed by atoms with Crippen molar-refractivity contribution in [3.63, 3.8) is 0 Å². The summed E-state index contributed by atoms with van der Waals surface area (Å²) in [5.74, 6) is 0.520. The van der Waals surface area contributed by atoms with Crippen LogP contribution in [-0.2, 0) is 20.0 Å². The van der Waals surface area contributed by atoms with Crippen LogP contribution in [0.3, 0.4) is 0 Å². The molecule has 0 aliphatic rings. The monoisotopic (exact) mass is 540 g/mol. The molecule has 0 radical (unpaired) electrons. The Morgan fingerprint density at radius 1 is 1.33 bits per heavy atom. The van der Waals surface area contributed by atoms with Crippen LogP contribution < -0.4 is 15.4 Å². The Hall–Kier alpha value is -2.05. The van der Waals surface area contributed by atoms with E-state index in [1.54, 1.807) is 13.1 Å². The minimum absolute atomic E-state index is 0. The Morgan fingerprint density at radius 3 is 2.60 bits per heavy atom. The molecule has 0 bridgehead atoms. The molecular formula is C19H28F3IN6O. The lowest BCUT2D eigenvalue weighted by molar-refractivity contribution is -0.154. The van der Waals surface area contributed by atoms with Gasteiger partial charge in [0.15, 0.2) is 12.6 Å². The van der Waals surface area contributed by atoms with Crippen molar-refractivity contribution in [3.8, 4) is 5.88 Å². The third-order valence-electron chi connectivity index (χ3n) is 4.42. The van der Waals surface area contributed by atoms with Crippen molar-refractivity contribution in [3.05, 3.63) is 40.8 Å². The van der Waals surface area contributed by atoms with E-state index in [2.05, 4.69) is 30.4 Å². The number of nitrogens with one attached hydrogen (secondary N) is 2. The minimum atomic E-state index is -4.40. The molecule has 7 nitrogen and oxygen atoms in total. The summed E-state index contributed by atoms with van der Waals surface area (Å²) in [5, 5.41) is 10.9. The van der Waals surface area contributed by atoms with Crippen LogP contribution in [0.4, 0.5) is 13.2 Å². The van der Waals surface area contributed by atoms with E-state index < -0.39 is 12.8 Å². The van der Waals surface area contributed by atoms with Crippen LogP contribution in [-0.4, -0.2) is 46.6 Å². The molecule has 11 heteroatoms. The van der Waals surface area contributed by atoms with E-state index in [0.29, 0.717) is 12.5 Å². The van der Waals surface area contributed by atoms with Gasteiger partial charge >= 0.3 is 6.18 Å². The molecule has 2 N–H and O–H groups in total. The Labute approximate surface area is 191 Å². The zero-order valence-corrected chi connectivity index (χ0v) is 20.0. The van der Waals surface area contributed by atoms with Crippen molar-refractivity contribution in [2.75, 3.05) is 13.7 Å². The molecule has 2 aromatic heterocycles. The number of alkyl halides is 3. The van der Waals surface area contributed by atoms with Gasteiger partial charge in [0.05, 0.1) is 5.69 Å². The molecule has 2 aromatic rings. The Balaban J connectivity index is 0.00000450. The number of rotatable bonds is 7. The van der Waals surface area contributed by atoms with Crippen LogP contribution in [0.25, 0.3) is 0 Å². The number of aromatic nitrogens is 3. The molecule has 2 rings (SSSR count). The number of nitrogens with zero attached hydrogens (tertiary/aromatic N) is 4. The second-order valence-electron chi connectivity index (χ2n) is 6.85. The van der Waals surface area contributed by atoms with Crippen molar-refractivity contribution >= 4 is 29.9 Å². The zero-order chi connectivity index (χ0) is 21.6. The summed E-state index contributed by atoms with van der Waals surface area (Å²) in [6.07, 6.45) is -2.20. The second-order valence-corrected chi connectivity index (χ2v) is 6.85. The van der Waals surface area contributed by atoms with Gasteiger partial charge in [-0.2, -0.15) is 18.3 Å². The molecule has 0 saturated carbocycles. The molecule has 0 spiro atoms. The number of hydrogen-bond acceptors (Lipinski definition) is 4. The predicted octanol–water partition coefficient (Wildman–Crippen LogP) is 3.29. The van der Waals surface area contributed by atoms with Crippen LogP contribution in [0.5, 0.6) is 5.88 Å². The summed E-state index contributed by atoms with van der Waals surface area (Å²) in [4.78, 5) is 8.00. The number of pyridine rings is 1. The summed E-state index contributed by atoms with van der Waals surface area (Å²) in [5.41, 5.74) is 4.06. The van der Waals surface area contributed by atoms with E-state index in [9.17, 15) is 13.2 Å². The van der Waals surface area contributed by atoms with Crippen LogP contribution in [0.2, 0.25) is 0 Å². The smallest absolute Gasteiger partial charge is 0.422 e. The summed E-state index contributed by atoms with van der Waals surface area (Å²) in [6.45, 7) is 5.07. The topological polar surface area (TPSA) is 76.4 Å². The van der Waals surface area contributed by atoms with Crippen LogP contribution in [0.1, 0.15) is 29.4 Å². The Morgan fingerprint density at radius 2 is 2.03 bits per heavy atom. The van der Waals surface area contributed by atoms with Gasteiger partial charge in [0, 0.05) is 44.6 Å². The lowest BCUT2D eigenvalue weighted by Crippen LogP contribution is -2.42. The van der Waals surface area contributed by atoms with E-state index in [1.807, 2.05) is 32.5 Å². The molecule has 30 heavy (non-hydrogen) atoms.